The van der Waals surface area contributed by atoms with Crippen LogP contribution in [-0.4, -0.2) is 22.4 Å². The first kappa shape index (κ1) is 18.5. The zero-order valence-corrected chi connectivity index (χ0v) is 15.4. The normalized spacial score (nSPS) is 10.8. The molecule has 2 aromatic rings. The van der Waals surface area contributed by atoms with Gasteiger partial charge in [-0.05, 0) is 37.5 Å². The lowest BCUT2D eigenvalue weighted by atomic mass is 10.1. The van der Waals surface area contributed by atoms with E-state index in [9.17, 15) is 4.79 Å². The van der Waals surface area contributed by atoms with Gasteiger partial charge in [-0.1, -0.05) is 37.0 Å². The molecule has 2 rings (SSSR count). The van der Waals surface area contributed by atoms with Gasteiger partial charge in [-0.25, -0.2) is 9.97 Å². The number of hydrogen-bond acceptors (Lipinski definition) is 4. The maximum Gasteiger partial charge on any atom is 0.274 e. The minimum atomic E-state index is -0.364. The molecule has 1 amide bonds. The Bertz CT molecular complexity index is 735. The Morgan fingerprint density at radius 3 is 2.67 bits per heavy atom. The smallest absolute Gasteiger partial charge is 0.274 e. The summed E-state index contributed by atoms with van der Waals surface area (Å²) >= 11 is 12.0. The number of carbonyl (C=O) groups excluding carboxylic acids is 1. The molecule has 1 heterocycles. The molecule has 128 valence electrons. The molecule has 2 N–H and O–H groups in total. The Morgan fingerprint density at radius 1 is 1.21 bits per heavy atom. The van der Waals surface area contributed by atoms with Gasteiger partial charge in [0.25, 0.3) is 5.91 Å². The van der Waals surface area contributed by atoms with Crippen molar-refractivity contribution in [2.45, 2.75) is 27.2 Å². The summed E-state index contributed by atoms with van der Waals surface area (Å²) in [6, 6.07) is 6.51. The van der Waals surface area contributed by atoms with Crippen LogP contribution in [0, 0.1) is 12.8 Å². The number of nitrogens with one attached hydrogen (secondary N) is 2. The fourth-order valence-electron chi connectivity index (χ4n) is 2.04. The second-order valence-corrected chi connectivity index (χ2v) is 6.72. The third-order valence-corrected chi connectivity index (χ3v) is 3.84. The lowest BCUT2D eigenvalue weighted by Crippen LogP contribution is -2.16. The van der Waals surface area contributed by atoms with Crippen molar-refractivity contribution in [2.24, 2.45) is 5.92 Å². The van der Waals surface area contributed by atoms with E-state index in [-0.39, 0.29) is 11.6 Å². The van der Waals surface area contributed by atoms with Gasteiger partial charge in [0.05, 0.1) is 10.7 Å². The Balaban J connectivity index is 2.14. The van der Waals surface area contributed by atoms with Gasteiger partial charge in [0.15, 0.2) is 0 Å². The van der Waals surface area contributed by atoms with Gasteiger partial charge < -0.3 is 10.6 Å². The van der Waals surface area contributed by atoms with Gasteiger partial charge in [0.2, 0.25) is 0 Å². The fourth-order valence-corrected chi connectivity index (χ4v) is 2.38. The van der Waals surface area contributed by atoms with Gasteiger partial charge >= 0.3 is 0 Å². The van der Waals surface area contributed by atoms with Crippen LogP contribution in [0.15, 0.2) is 24.3 Å². The molecule has 0 atom stereocenters. The summed E-state index contributed by atoms with van der Waals surface area (Å²) in [5, 5.41) is 6.84. The number of hydrogen-bond donors (Lipinski definition) is 2. The van der Waals surface area contributed by atoms with E-state index in [0.29, 0.717) is 33.3 Å². The fraction of sp³-hybridized carbons (Fsp3) is 0.353. The molecule has 0 saturated heterocycles. The number of aromatic nitrogens is 2. The standard InChI is InChI=1S/C17H20Cl2N4O/c1-10(2)6-7-20-16-9-15(21-11(3)22-16)17(24)23-14-8-12(18)4-5-13(14)19/h4-5,8-10H,6-7H2,1-3H3,(H,23,24)(H,20,21,22). The zero-order chi connectivity index (χ0) is 17.7. The van der Waals surface area contributed by atoms with E-state index in [1.807, 2.05) is 0 Å². The molecule has 0 spiro atoms. The third-order valence-electron chi connectivity index (χ3n) is 3.28. The van der Waals surface area contributed by atoms with Crippen LogP contribution in [0.5, 0.6) is 0 Å². The summed E-state index contributed by atoms with van der Waals surface area (Å²) in [5.74, 6) is 1.38. The van der Waals surface area contributed by atoms with E-state index >= 15 is 0 Å². The molecule has 1 aromatic carbocycles. The molecule has 0 fully saturated rings. The molecule has 0 radical (unpaired) electrons. The average Bonchev–Trinajstić information content (AvgIpc) is 2.50. The van der Waals surface area contributed by atoms with Gasteiger partial charge in [0, 0.05) is 17.6 Å². The van der Waals surface area contributed by atoms with Crippen molar-refractivity contribution in [3.05, 3.63) is 45.8 Å². The molecule has 5 nitrogen and oxygen atoms in total. The van der Waals surface area contributed by atoms with Crippen molar-refractivity contribution < 1.29 is 4.79 Å². The number of aryl methyl sites for hydroxylation is 1. The van der Waals surface area contributed by atoms with Crippen molar-refractivity contribution in [3.8, 4) is 0 Å². The number of rotatable bonds is 6. The number of nitrogens with zero attached hydrogens (tertiary/aromatic N) is 2. The van der Waals surface area contributed by atoms with E-state index in [0.717, 1.165) is 13.0 Å². The topological polar surface area (TPSA) is 66.9 Å². The van der Waals surface area contributed by atoms with Crippen molar-refractivity contribution in [1.82, 2.24) is 9.97 Å². The lowest BCUT2D eigenvalue weighted by molar-refractivity contribution is 0.102. The van der Waals surface area contributed by atoms with Gasteiger partial charge in [-0.2, -0.15) is 0 Å². The van der Waals surface area contributed by atoms with Crippen LogP contribution in [0.25, 0.3) is 0 Å². The average molecular weight is 367 g/mol. The van der Waals surface area contributed by atoms with Crippen LogP contribution >= 0.6 is 23.2 Å². The molecule has 1 aromatic heterocycles. The highest BCUT2D eigenvalue weighted by atomic mass is 35.5. The maximum atomic E-state index is 12.4. The van der Waals surface area contributed by atoms with Crippen LogP contribution in [0.1, 0.15) is 36.6 Å². The highest BCUT2D eigenvalue weighted by Gasteiger charge is 2.13. The number of halogens is 2. The van der Waals surface area contributed by atoms with Gasteiger partial charge in [0.1, 0.15) is 17.3 Å². The van der Waals surface area contributed by atoms with E-state index in [1.165, 1.54) is 0 Å². The molecule has 0 saturated carbocycles. The summed E-state index contributed by atoms with van der Waals surface area (Å²) in [5.41, 5.74) is 0.713. The maximum absolute atomic E-state index is 12.4. The van der Waals surface area contributed by atoms with E-state index in [4.69, 9.17) is 23.2 Å². The van der Waals surface area contributed by atoms with Crippen LogP contribution in [0.3, 0.4) is 0 Å². The van der Waals surface area contributed by atoms with Crippen LogP contribution in [0.2, 0.25) is 10.0 Å². The highest BCUT2D eigenvalue weighted by Crippen LogP contribution is 2.25. The monoisotopic (exact) mass is 366 g/mol. The van der Waals surface area contributed by atoms with E-state index in [2.05, 4.69) is 34.4 Å². The van der Waals surface area contributed by atoms with E-state index in [1.54, 1.807) is 31.2 Å². The predicted octanol–water partition coefficient (Wildman–Crippen LogP) is 4.80. The Kier molecular flexibility index (Phi) is 6.40. The number of benzene rings is 1. The molecule has 7 heteroatoms. The predicted molar refractivity (Wildman–Crippen MR) is 99.1 cm³/mol. The van der Waals surface area contributed by atoms with E-state index < -0.39 is 0 Å². The highest BCUT2D eigenvalue weighted by molar-refractivity contribution is 6.35. The van der Waals surface area contributed by atoms with Crippen molar-refractivity contribution in [3.63, 3.8) is 0 Å². The summed E-state index contributed by atoms with van der Waals surface area (Å²) in [4.78, 5) is 20.9. The number of anilines is 2. The first-order chi connectivity index (χ1) is 11.3. The number of carbonyl (C=O) groups is 1. The third kappa shape index (κ3) is 5.35. The molecule has 0 bridgehead atoms. The summed E-state index contributed by atoms with van der Waals surface area (Å²) in [6.07, 6.45) is 1.02. The SMILES string of the molecule is Cc1nc(NCCC(C)C)cc(C(=O)Nc2cc(Cl)ccc2Cl)n1. The quantitative estimate of drug-likeness (QED) is 0.770. The molecular formula is C17H20Cl2N4O. The van der Waals surface area contributed by atoms with Crippen LogP contribution in [-0.2, 0) is 0 Å². The van der Waals surface area contributed by atoms with Gasteiger partial charge in [-0.15, -0.1) is 0 Å². The Hall–Kier alpha value is -1.85. The minimum absolute atomic E-state index is 0.269. The molecule has 0 unspecified atom stereocenters. The van der Waals surface area contributed by atoms with Crippen LogP contribution in [0.4, 0.5) is 11.5 Å². The largest absolute Gasteiger partial charge is 0.370 e. The number of amides is 1. The Labute approximate surface area is 151 Å². The van der Waals surface area contributed by atoms with Crippen molar-refractivity contribution >= 4 is 40.6 Å². The molecule has 0 aliphatic carbocycles. The molecular weight excluding hydrogens is 347 g/mol. The Morgan fingerprint density at radius 2 is 1.96 bits per heavy atom. The second-order valence-electron chi connectivity index (χ2n) is 5.87. The van der Waals surface area contributed by atoms with Crippen molar-refractivity contribution in [1.29, 1.82) is 0 Å². The summed E-state index contributed by atoms with van der Waals surface area (Å²) in [6.45, 7) is 6.84. The first-order valence-corrected chi connectivity index (χ1v) is 8.46. The van der Waals surface area contributed by atoms with Gasteiger partial charge in [-0.3, -0.25) is 4.79 Å². The first-order valence-electron chi connectivity index (χ1n) is 7.71. The zero-order valence-electron chi connectivity index (χ0n) is 13.9. The second kappa shape index (κ2) is 8.31. The lowest BCUT2D eigenvalue weighted by Gasteiger charge is -2.11. The summed E-state index contributed by atoms with van der Waals surface area (Å²) in [7, 11) is 0. The van der Waals surface area contributed by atoms with Crippen LogP contribution < -0.4 is 10.6 Å². The molecule has 0 aliphatic rings. The molecule has 24 heavy (non-hydrogen) atoms. The molecule has 0 aliphatic heterocycles. The van der Waals surface area contributed by atoms with Crippen molar-refractivity contribution in [2.75, 3.05) is 17.2 Å². The minimum Gasteiger partial charge on any atom is -0.370 e. The summed E-state index contributed by atoms with van der Waals surface area (Å²) < 4.78 is 0.